The van der Waals surface area contributed by atoms with Crippen LogP contribution >= 0.6 is 22.9 Å². The molecule has 0 fully saturated rings. The second-order valence-corrected chi connectivity index (χ2v) is 10.6. The lowest BCUT2D eigenvalue weighted by Crippen LogP contribution is -2.38. The van der Waals surface area contributed by atoms with E-state index in [0.717, 1.165) is 21.2 Å². The molecule has 0 saturated carbocycles. The predicted molar refractivity (Wildman–Crippen MR) is 140 cm³/mol. The van der Waals surface area contributed by atoms with E-state index < -0.39 is 22.5 Å². The van der Waals surface area contributed by atoms with E-state index in [1.165, 1.54) is 32.4 Å². The number of carbonyl (C=O) groups is 1. The highest BCUT2D eigenvalue weighted by molar-refractivity contribution is 7.92. The topological polar surface area (TPSA) is 111 Å². The Morgan fingerprint density at radius 3 is 2.33 bits per heavy atom. The van der Waals surface area contributed by atoms with Gasteiger partial charge in [0.2, 0.25) is 11.0 Å². The van der Waals surface area contributed by atoms with Gasteiger partial charge < -0.3 is 9.47 Å². The Bertz CT molecular complexity index is 1460. The van der Waals surface area contributed by atoms with Crippen LogP contribution < -0.4 is 19.1 Å². The number of nitrogens with one attached hydrogen (secondary N) is 1. The molecular weight excluding hydrogens is 524 g/mol. The van der Waals surface area contributed by atoms with Crippen LogP contribution in [0.5, 0.6) is 11.5 Å². The number of halogens is 1. The molecule has 9 nitrogen and oxygen atoms in total. The minimum Gasteiger partial charge on any atom is -0.493 e. The van der Waals surface area contributed by atoms with Gasteiger partial charge in [0.05, 0.1) is 24.8 Å². The summed E-state index contributed by atoms with van der Waals surface area (Å²) in [6.07, 6.45) is 0. The first-order valence-electron chi connectivity index (χ1n) is 10.5. The number of hydrogen-bond acceptors (Lipinski definition) is 8. The molecule has 0 aliphatic heterocycles. The molecule has 36 heavy (non-hydrogen) atoms. The van der Waals surface area contributed by atoms with E-state index in [9.17, 15) is 13.2 Å². The Labute approximate surface area is 217 Å². The molecule has 0 aliphatic carbocycles. The Hall–Kier alpha value is -3.67. The summed E-state index contributed by atoms with van der Waals surface area (Å²) >= 11 is 7.09. The molecule has 3 aromatic carbocycles. The standard InChI is InChI=1S/C24H21ClN4O5S2/c1-33-20-13-12-19(14-21(20)34-2)36(31,32)29(18-6-4-3-5-7-18)15-22(30)26-24-28-27-23(35-24)16-8-10-17(25)11-9-16/h3-14H,15H2,1-2H3,(H,26,28,30). The average molecular weight is 545 g/mol. The van der Waals surface area contributed by atoms with Crippen LogP contribution in [0.4, 0.5) is 10.8 Å². The van der Waals surface area contributed by atoms with E-state index in [1.807, 2.05) is 0 Å². The number of amides is 1. The van der Waals surface area contributed by atoms with Crippen molar-refractivity contribution in [2.75, 3.05) is 30.4 Å². The number of anilines is 2. The third-order valence-corrected chi connectivity index (χ3v) is 7.95. The average Bonchev–Trinajstić information content (AvgIpc) is 3.35. The summed E-state index contributed by atoms with van der Waals surface area (Å²) in [5, 5.41) is 12.1. The van der Waals surface area contributed by atoms with Crippen molar-refractivity contribution in [3.8, 4) is 22.1 Å². The molecule has 0 bridgehead atoms. The van der Waals surface area contributed by atoms with E-state index >= 15 is 0 Å². The summed E-state index contributed by atoms with van der Waals surface area (Å²) in [4.78, 5) is 12.9. The van der Waals surface area contributed by atoms with Crippen molar-refractivity contribution in [2.24, 2.45) is 0 Å². The largest absolute Gasteiger partial charge is 0.493 e. The quantitative estimate of drug-likeness (QED) is 0.325. The van der Waals surface area contributed by atoms with Crippen LogP contribution in [-0.2, 0) is 14.8 Å². The first kappa shape index (κ1) is 25.4. The fraction of sp³-hybridized carbons (Fsp3) is 0.125. The number of sulfonamides is 1. The van der Waals surface area contributed by atoms with Crippen LogP contribution in [-0.4, -0.2) is 45.3 Å². The summed E-state index contributed by atoms with van der Waals surface area (Å²) in [7, 11) is -1.28. The highest BCUT2D eigenvalue weighted by Gasteiger charge is 2.28. The molecule has 1 N–H and O–H groups in total. The molecule has 0 aliphatic rings. The van der Waals surface area contributed by atoms with Crippen LogP contribution in [0.25, 0.3) is 10.6 Å². The minimum atomic E-state index is -4.15. The molecule has 1 amide bonds. The van der Waals surface area contributed by atoms with Gasteiger partial charge in [0.1, 0.15) is 11.6 Å². The zero-order valence-corrected chi connectivity index (χ0v) is 21.6. The van der Waals surface area contributed by atoms with Crippen LogP contribution in [0.3, 0.4) is 0 Å². The predicted octanol–water partition coefficient (Wildman–Crippen LogP) is 4.71. The van der Waals surface area contributed by atoms with Crippen molar-refractivity contribution in [1.29, 1.82) is 0 Å². The molecule has 0 atom stereocenters. The molecule has 0 saturated heterocycles. The monoisotopic (exact) mass is 544 g/mol. The van der Waals surface area contributed by atoms with E-state index in [1.54, 1.807) is 54.6 Å². The smallest absolute Gasteiger partial charge is 0.264 e. The molecular formula is C24H21ClN4O5S2. The molecule has 12 heteroatoms. The first-order chi connectivity index (χ1) is 17.3. The van der Waals surface area contributed by atoms with Gasteiger partial charge >= 0.3 is 0 Å². The molecule has 4 rings (SSSR count). The van der Waals surface area contributed by atoms with E-state index in [-0.39, 0.29) is 15.8 Å². The lowest BCUT2D eigenvalue weighted by Gasteiger charge is -2.24. The number of rotatable bonds is 9. The van der Waals surface area contributed by atoms with Crippen molar-refractivity contribution in [1.82, 2.24) is 10.2 Å². The van der Waals surface area contributed by atoms with Gasteiger partial charge in [-0.2, -0.15) is 0 Å². The van der Waals surface area contributed by atoms with Gasteiger partial charge in [0.25, 0.3) is 10.0 Å². The summed E-state index contributed by atoms with van der Waals surface area (Å²) < 4.78 is 38.7. The number of aromatic nitrogens is 2. The number of hydrogen-bond donors (Lipinski definition) is 1. The highest BCUT2D eigenvalue weighted by atomic mass is 35.5. The van der Waals surface area contributed by atoms with Gasteiger partial charge in [-0.25, -0.2) is 8.42 Å². The van der Waals surface area contributed by atoms with Gasteiger partial charge in [-0.3, -0.25) is 14.4 Å². The summed E-state index contributed by atoms with van der Waals surface area (Å²) in [6, 6.07) is 19.6. The Kier molecular flexibility index (Phi) is 7.73. The molecule has 1 heterocycles. The van der Waals surface area contributed by atoms with Gasteiger partial charge in [0, 0.05) is 16.7 Å². The van der Waals surface area contributed by atoms with Crippen LogP contribution in [0, 0.1) is 0 Å². The lowest BCUT2D eigenvalue weighted by atomic mass is 10.2. The second-order valence-electron chi connectivity index (χ2n) is 7.33. The van der Waals surface area contributed by atoms with E-state index in [4.69, 9.17) is 21.1 Å². The number of carbonyl (C=O) groups excluding carboxylic acids is 1. The normalized spacial score (nSPS) is 11.1. The van der Waals surface area contributed by atoms with Gasteiger partial charge in [-0.1, -0.05) is 53.3 Å². The number of methoxy groups -OCH3 is 2. The first-order valence-corrected chi connectivity index (χ1v) is 13.1. The van der Waals surface area contributed by atoms with Gasteiger partial charge in [-0.05, 0) is 36.4 Å². The SMILES string of the molecule is COc1ccc(S(=O)(=O)N(CC(=O)Nc2nnc(-c3ccc(Cl)cc3)s2)c2ccccc2)cc1OC. The number of ether oxygens (including phenoxy) is 2. The summed E-state index contributed by atoms with van der Waals surface area (Å²) in [5.41, 5.74) is 1.11. The fourth-order valence-electron chi connectivity index (χ4n) is 3.29. The molecule has 1 aromatic heterocycles. The Morgan fingerprint density at radius 2 is 1.67 bits per heavy atom. The summed E-state index contributed by atoms with van der Waals surface area (Å²) in [5.74, 6) is 0.0505. The molecule has 186 valence electrons. The fourth-order valence-corrected chi connectivity index (χ4v) is 5.61. The van der Waals surface area contributed by atoms with Crippen molar-refractivity contribution in [3.05, 3.63) is 77.8 Å². The molecule has 0 radical (unpaired) electrons. The number of benzene rings is 3. The zero-order valence-electron chi connectivity index (χ0n) is 19.2. The number of nitrogens with zero attached hydrogens (tertiary/aromatic N) is 3. The maximum absolute atomic E-state index is 13.6. The van der Waals surface area contributed by atoms with E-state index in [2.05, 4.69) is 15.5 Å². The molecule has 4 aromatic rings. The maximum Gasteiger partial charge on any atom is 0.264 e. The zero-order chi connectivity index (χ0) is 25.7. The van der Waals surface area contributed by atoms with Crippen molar-refractivity contribution in [2.45, 2.75) is 4.90 Å². The van der Waals surface area contributed by atoms with Crippen molar-refractivity contribution < 1.29 is 22.7 Å². The maximum atomic E-state index is 13.6. The highest BCUT2D eigenvalue weighted by Crippen LogP contribution is 2.32. The summed E-state index contributed by atoms with van der Waals surface area (Å²) in [6.45, 7) is -0.490. The molecule has 0 spiro atoms. The second kappa shape index (κ2) is 10.9. The lowest BCUT2D eigenvalue weighted by molar-refractivity contribution is -0.114. The van der Waals surface area contributed by atoms with Crippen LogP contribution in [0.15, 0.2) is 77.7 Å². The minimum absolute atomic E-state index is 0.0576. The Balaban J connectivity index is 1.59. The van der Waals surface area contributed by atoms with E-state index in [0.29, 0.717) is 21.5 Å². The van der Waals surface area contributed by atoms with Crippen molar-refractivity contribution in [3.63, 3.8) is 0 Å². The molecule has 0 unspecified atom stereocenters. The Morgan fingerprint density at radius 1 is 0.972 bits per heavy atom. The van der Waals surface area contributed by atoms with Crippen LogP contribution in [0.1, 0.15) is 0 Å². The van der Waals surface area contributed by atoms with Gasteiger partial charge in [0.15, 0.2) is 11.5 Å². The van der Waals surface area contributed by atoms with Crippen molar-refractivity contribution >= 4 is 49.7 Å². The van der Waals surface area contributed by atoms with Gasteiger partial charge in [-0.15, -0.1) is 10.2 Å². The number of para-hydroxylation sites is 1. The third kappa shape index (κ3) is 5.59. The van der Waals surface area contributed by atoms with Crippen LogP contribution in [0.2, 0.25) is 5.02 Å². The third-order valence-electron chi connectivity index (χ3n) is 5.04.